The van der Waals surface area contributed by atoms with Crippen molar-refractivity contribution in [2.75, 3.05) is 12.3 Å². The van der Waals surface area contributed by atoms with Crippen molar-refractivity contribution in [3.8, 4) is 0 Å². The lowest BCUT2D eigenvalue weighted by atomic mass is 9.98. The first-order valence-corrected chi connectivity index (χ1v) is 8.86. The number of hydrogen-bond donors (Lipinski definition) is 1. The Morgan fingerprint density at radius 3 is 2.62 bits per heavy atom. The van der Waals surface area contributed by atoms with Crippen LogP contribution in [0.3, 0.4) is 0 Å². The zero-order chi connectivity index (χ0) is 14.5. The minimum atomic E-state index is 0.544. The molecule has 3 rings (SSSR count). The monoisotopic (exact) mass is 297 g/mol. The average molecular weight is 297 g/mol. The highest BCUT2D eigenvalue weighted by molar-refractivity contribution is 7.99. The van der Waals surface area contributed by atoms with Gasteiger partial charge in [0.05, 0.1) is 0 Å². The zero-order valence-corrected chi connectivity index (χ0v) is 13.4. The van der Waals surface area contributed by atoms with Crippen LogP contribution in [0.4, 0.5) is 0 Å². The van der Waals surface area contributed by atoms with Crippen LogP contribution in [0.5, 0.6) is 0 Å². The van der Waals surface area contributed by atoms with Crippen molar-refractivity contribution in [1.29, 1.82) is 0 Å². The van der Waals surface area contributed by atoms with Crippen LogP contribution in [-0.4, -0.2) is 12.3 Å². The van der Waals surface area contributed by atoms with E-state index in [-0.39, 0.29) is 0 Å². The topological polar surface area (TPSA) is 12.0 Å². The van der Waals surface area contributed by atoms with Crippen LogP contribution in [0, 0.1) is 5.92 Å². The fourth-order valence-corrected chi connectivity index (χ4v) is 4.29. The number of nitrogens with one attached hydrogen (secondary N) is 1. The van der Waals surface area contributed by atoms with Crippen molar-refractivity contribution in [3.63, 3.8) is 0 Å². The lowest BCUT2D eigenvalue weighted by Gasteiger charge is -2.21. The molecular formula is C19H23NS. The Morgan fingerprint density at radius 2 is 1.81 bits per heavy atom. The number of rotatable bonds is 6. The van der Waals surface area contributed by atoms with Crippen molar-refractivity contribution in [1.82, 2.24) is 5.32 Å². The largest absolute Gasteiger partial charge is 0.310 e. The molecule has 2 atom stereocenters. The Hall–Kier alpha value is -1.25. The summed E-state index contributed by atoms with van der Waals surface area (Å²) in [7, 11) is 0. The number of thioether (sulfide) groups is 1. The number of benzene rings is 2. The smallest absolute Gasteiger partial charge is 0.0354 e. The van der Waals surface area contributed by atoms with E-state index in [0.29, 0.717) is 6.04 Å². The van der Waals surface area contributed by atoms with Gasteiger partial charge in [0.25, 0.3) is 0 Å². The first-order valence-electron chi connectivity index (χ1n) is 7.87. The standard InChI is InChI=1S/C19H23NS/c1-2-20-19-16(14-15-8-6-7-11-18(15)19)12-13-21-17-9-4-3-5-10-17/h3-11,16,19-20H,2,12-14H2,1H3. The van der Waals surface area contributed by atoms with Gasteiger partial charge in [-0.3, -0.25) is 0 Å². The quantitative estimate of drug-likeness (QED) is 0.776. The highest BCUT2D eigenvalue weighted by Crippen LogP contribution is 2.38. The van der Waals surface area contributed by atoms with Crippen LogP contribution in [0.1, 0.15) is 30.5 Å². The molecule has 0 fully saturated rings. The van der Waals surface area contributed by atoms with E-state index in [1.165, 1.54) is 34.6 Å². The SMILES string of the molecule is CCNC1c2ccccc2CC1CCSc1ccccc1. The Morgan fingerprint density at radius 1 is 1.05 bits per heavy atom. The van der Waals surface area contributed by atoms with Crippen LogP contribution in [0.25, 0.3) is 0 Å². The maximum Gasteiger partial charge on any atom is 0.0354 e. The first kappa shape index (κ1) is 14.7. The van der Waals surface area contributed by atoms with Crippen LogP contribution < -0.4 is 5.32 Å². The van der Waals surface area contributed by atoms with Crippen LogP contribution in [0.15, 0.2) is 59.5 Å². The summed E-state index contributed by atoms with van der Waals surface area (Å²) in [5.41, 5.74) is 3.06. The first-order chi connectivity index (χ1) is 10.4. The van der Waals surface area contributed by atoms with Gasteiger partial charge in [0.2, 0.25) is 0 Å². The molecule has 0 spiro atoms. The summed E-state index contributed by atoms with van der Waals surface area (Å²) in [6.07, 6.45) is 2.50. The highest BCUT2D eigenvalue weighted by atomic mass is 32.2. The molecule has 1 aliphatic rings. The van der Waals surface area contributed by atoms with E-state index in [1.54, 1.807) is 0 Å². The van der Waals surface area contributed by atoms with Crippen LogP contribution in [0.2, 0.25) is 0 Å². The molecule has 2 aromatic carbocycles. The maximum atomic E-state index is 3.69. The van der Waals surface area contributed by atoms with Crippen molar-refractivity contribution in [3.05, 3.63) is 65.7 Å². The lowest BCUT2D eigenvalue weighted by molar-refractivity contribution is 0.388. The Balaban J connectivity index is 1.60. The van der Waals surface area contributed by atoms with E-state index in [9.17, 15) is 0 Å². The third-order valence-corrected chi connectivity index (χ3v) is 5.31. The second kappa shape index (κ2) is 7.15. The normalized spacial score (nSPS) is 20.4. The van der Waals surface area contributed by atoms with E-state index < -0.39 is 0 Å². The Bertz CT molecular complexity index is 567. The molecule has 0 saturated heterocycles. The molecule has 0 radical (unpaired) electrons. The molecule has 1 aliphatic carbocycles. The minimum absolute atomic E-state index is 0.544. The Labute approximate surface area is 132 Å². The predicted molar refractivity (Wildman–Crippen MR) is 91.8 cm³/mol. The molecule has 0 aliphatic heterocycles. The second-order valence-electron chi connectivity index (χ2n) is 5.65. The van der Waals surface area contributed by atoms with Gasteiger partial charge in [-0.25, -0.2) is 0 Å². The van der Waals surface area contributed by atoms with Crippen molar-refractivity contribution in [2.45, 2.75) is 30.7 Å². The fourth-order valence-electron chi connectivity index (χ4n) is 3.29. The third-order valence-electron chi connectivity index (χ3n) is 4.27. The second-order valence-corrected chi connectivity index (χ2v) is 6.82. The molecule has 1 N–H and O–H groups in total. The van der Waals surface area contributed by atoms with Crippen molar-refractivity contribution in [2.24, 2.45) is 5.92 Å². The summed E-state index contributed by atoms with van der Waals surface area (Å²) in [5, 5.41) is 3.69. The molecule has 2 aromatic rings. The van der Waals surface area contributed by atoms with Gasteiger partial charge in [-0.15, -0.1) is 11.8 Å². The zero-order valence-electron chi connectivity index (χ0n) is 12.6. The van der Waals surface area contributed by atoms with Gasteiger partial charge >= 0.3 is 0 Å². The Kier molecular flexibility index (Phi) is 5.00. The summed E-state index contributed by atoms with van der Waals surface area (Å²) < 4.78 is 0. The van der Waals surface area contributed by atoms with E-state index in [2.05, 4.69) is 66.8 Å². The molecule has 0 bridgehead atoms. The van der Waals surface area contributed by atoms with Gasteiger partial charge < -0.3 is 5.32 Å². The molecule has 110 valence electrons. The number of fused-ring (bicyclic) bond motifs is 1. The van der Waals surface area contributed by atoms with Gasteiger partial charge in [-0.2, -0.15) is 0 Å². The van der Waals surface area contributed by atoms with E-state index in [1.807, 2.05) is 11.8 Å². The predicted octanol–water partition coefficient (Wildman–Crippen LogP) is 4.69. The van der Waals surface area contributed by atoms with Gasteiger partial charge in [-0.05, 0) is 54.3 Å². The van der Waals surface area contributed by atoms with E-state index in [0.717, 1.165) is 12.5 Å². The number of hydrogen-bond acceptors (Lipinski definition) is 2. The molecule has 2 unspecified atom stereocenters. The molecule has 2 heteroatoms. The maximum absolute atomic E-state index is 3.69. The van der Waals surface area contributed by atoms with Crippen LogP contribution in [-0.2, 0) is 6.42 Å². The van der Waals surface area contributed by atoms with Crippen molar-refractivity contribution < 1.29 is 0 Å². The third kappa shape index (κ3) is 3.50. The van der Waals surface area contributed by atoms with E-state index >= 15 is 0 Å². The summed E-state index contributed by atoms with van der Waals surface area (Å²) in [5.74, 6) is 1.93. The highest BCUT2D eigenvalue weighted by Gasteiger charge is 2.30. The molecule has 0 saturated carbocycles. The summed E-state index contributed by atoms with van der Waals surface area (Å²) in [6.45, 7) is 3.25. The molecule has 0 heterocycles. The van der Waals surface area contributed by atoms with Crippen molar-refractivity contribution >= 4 is 11.8 Å². The van der Waals surface area contributed by atoms with Gasteiger partial charge in [0.1, 0.15) is 0 Å². The summed E-state index contributed by atoms with van der Waals surface area (Å²) in [6, 6.07) is 20.2. The molecular weight excluding hydrogens is 274 g/mol. The molecule has 0 amide bonds. The average Bonchev–Trinajstić information content (AvgIpc) is 2.87. The van der Waals surface area contributed by atoms with Gasteiger partial charge in [-0.1, -0.05) is 49.4 Å². The van der Waals surface area contributed by atoms with Crippen LogP contribution >= 0.6 is 11.8 Å². The van der Waals surface area contributed by atoms with Gasteiger partial charge in [0.15, 0.2) is 0 Å². The summed E-state index contributed by atoms with van der Waals surface area (Å²) in [4.78, 5) is 1.38. The summed E-state index contributed by atoms with van der Waals surface area (Å²) >= 11 is 1.98. The van der Waals surface area contributed by atoms with Gasteiger partial charge in [0, 0.05) is 10.9 Å². The van der Waals surface area contributed by atoms with E-state index in [4.69, 9.17) is 0 Å². The molecule has 21 heavy (non-hydrogen) atoms. The molecule has 1 nitrogen and oxygen atoms in total. The lowest BCUT2D eigenvalue weighted by Crippen LogP contribution is -2.25. The fraction of sp³-hybridized carbons (Fsp3) is 0.368. The minimum Gasteiger partial charge on any atom is -0.310 e. The molecule has 0 aromatic heterocycles.